The Balaban J connectivity index is 0.00000288. The number of nitrogens with one attached hydrogen (secondary N) is 1. The van der Waals surface area contributed by atoms with Crippen molar-refractivity contribution in [2.45, 2.75) is 46.1 Å². The molecule has 1 aliphatic rings. The molecular formula is C19H32IN3O. The Morgan fingerprint density at radius 2 is 1.83 bits per heavy atom. The van der Waals surface area contributed by atoms with Gasteiger partial charge in [0.1, 0.15) is 0 Å². The van der Waals surface area contributed by atoms with Gasteiger partial charge >= 0.3 is 0 Å². The Hall–Kier alpha value is -0.820. The summed E-state index contributed by atoms with van der Waals surface area (Å²) in [6, 6.07) is 6.76. The van der Waals surface area contributed by atoms with Crippen LogP contribution in [0.2, 0.25) is 0 Å². The quantitative estimate of drug-likeness (QED) is 0.428. The number of hydrogen-bond donors (Lipinski definition) is 1. The van der Waals surface area contributed by atoms with Crippen LogP contribution >= 0.6 is 24.0 Å². The van der Waals surface area contributed by atoms with Gasteiger partial charge < -0.3 is 15.0 Å². The third-order valence-electron chi connectivity index (χ3n) is 4.33. The largest absolute Gasteiger partial charge is 0.378 e. The maximum absolute atomic E-state index is 5.72. The minimum absolute atomic E-state index is 0. The van der Waals surface area contributed by atoms with Gasteiger partial charge in [0.05, 0.1) is 6.10 Å². The molecule has 0 amide bonds. The van der Waals surface area contributed by atoms with E-state index in [1.807, 2.05) is 7.05 Å². The van der Waals surface area contributed by atoms with Crippen LogP contribution in [0.4, 0.5) is 0 Å². The van der Waals surface area contributed by atoms with Crippen LogP contribution in [0.3, 0.4) is 0 Å². The van der Waals surface area contributed by atoms with E-state index in [1.165, 1.54) is 16.7 Å². The summed E-state index contributed by atoms with van der Waals surface area (Å²) in [7, 11) is 1.87. The molecule has 1 aliphatic heterocycles. The summed E-state index contributed by atoms with van der Waals surface area (Å²) in [5.41, 5.74) is 4.06. The smallest absolute Gasteiger partial charge is 0.193 e. The van der Waals surface area contributed by atoms with Gasteiger partial charge in [0.2, 0.25) is 0 Å². The minimum atomic E-state index is 0. The summed E-state index contributed by atoms with van der Waals surface area (Å²) >= 11 is 0. The molecule has 1 aromatic rings. The zero-order valence-electron chi connectivity index (χ0n) is 15.5. The molecule has 0 aromatic heterocycles. The summed E-state index contributed by atoms with van der Waals surface area (Å²) in [5.74, 6) is 1.02. The number of benzene rings is 1. The average Bonchev–Trinajstić information content (AvgIpc) is 2.52. The van der Waals surface area contributed by atoms with Crippen LogP contribution < -0.4 is 5.32 Å². The van der Waals surface area contributed by atoms with Gasteiger partial charge in [0, 0.05) is 33.3 Å². The Morgan fingerprint density at radius 1 is 1.21 bits per heavy atom. The van der Waals surface area contributed by atoms with E-state index in [4.69, 9.17) is 4.74 Å². The lowest BCUT2D eigenvalue weighted by Gasteiger charge is -2.34. The second kappa shape index (κ2) is 10.9. The molecule has 136 valence electrons. The fourth-order valence-corrected chi connectivity index (χ4v) is 3.33. The van der Waals surface area contributed by atoms with Crippen molar-refractivity contribution in [3.8, 4) is 0 Å². The normalized spacial score (nSPS) is 16.0. The molecule has 0 atom stereocenters. The topological polar surface area (TPSA) is 36.9 Å². The zero-order chi connectivity index (χ0) is 16.7. The fraction of sp³-hybridized carbons (Fsp3) is 0.632. The summed E-state index contributed by atoms with van der Waals surface area (Å²) in [6.45, 7) is 10.2. The van der Waals surface area contributed by atoms with E-state index in [0.29, 0.717) is 6.10 Å². The van der Waals surface area contributed by atoms with E-state index < -0.39 is 0 Å². The molecule has 0 spiro atoms. The van der Waals surface area contributed by atoms with Crippen molar-refractivity contribution < 1.29 is 4.74 Å². The second-order valence-electron chi connectivity index (χ2n) is 6.36. The molecule has 0 radical (unpaired) electrons. The first kappa shape index (κ1) is 21.2. The number of halogens is 1. The number of likely N-dealkylation sites (tertiary alicyclic amines) is 1. The molecule has 0 unspecified atom stereocenters. The summed E-state index contributed by atoms with van der Waals surface area (Å²) < 4.78 is 5.72. The molecule has 1 saturated heterocycles. The molecule has 1 aromatic carbocycles. The van der Waals surface area contributed by atoms with Gasteiger partial charge in [-0.05, 0) is 45.6 Å². The predicted molar refractivity (Wildman–Crippen MR) is 113 cm³/mol. The van der Waals surface area contributed by atoms with Crippen molar-refractivity contribution in [1.82, 2.24) is 10.2 Å². The van der Waals surface area contributed by atoms with Crippen LogP contribution in [0.15, 0.2) is 23.2 Å². The standard InChI is InChI=1S/C19H31N3O.HI/c1-5-23-18-7-10-22(11-8-18)19(20-4)21-9-6-17-13-15(2)12-16(3)14-17;/h12-14,18H,5-11H2,1-4H3,(H,20,21);1H. The van der Waals surface area contributed by atoms with Gasteiger partial charge in [-0.1, -0.05) is 29.3 Å². The maximum Gasteiger partial charge on any atom is 0.193 e. The Morgan fingerprint density at radius 3 is 2.38 bits per heavy atom. The van der Waals surface area contributed by atoms with E-state index in [0.717, 1.165) is 51.5 Å². The highest BCUT2D eigenvalue weighted by Crippen LogP contribution is 2.14. The first-order valence-electron chi connectivity index (χ1n) is 8.76. The van der Waals surface area contributed by atoms with Crippen LogP contribution in [0, 0.1) is 13.8 Å². The van der Waals surface area contributed by atoms with Crippen molar-refractivity contribution in [2.75, 3.05) is 33.3 Å². The van der Waals surface area contributed by atoms with Gasteiger partial charge in [-0.15, -0.1) is 24.0 Å². The van der Waals surface area contributed by atoms with E-state index in [2.05, 4.69) is 54.2 Å². The van der Waals surface area contributed by atoms with Gasteiger partial charge in [-0.3, -0.25) is 4.99 Å². The Bertz CT molecular complexity index is 505. The Kier molecular flexibility index (Phi) is 9.66. The van der Waals surface area contributed by atoms with Crippen molar-refractivity contribution in [3.63, 3.8) is 0 Å². The number of rotatable bonds is 5. The summed E-state index contributed by atoms with van der Waals surface area (Å²) in [4.78, 5) is 6.78. The number of ether oxygens (including phenoxy) is 1. The lowest BCUT2D eigenvalue weighted by molar-refractivity contribution is 0.0264. The number of piperidine rings is 1. The third-order valence-corrected chi connectivity index (χ3v) is 4.33. The zero-order valence-corrected chi connectivity index (χ0v) is 17.8. The fourth-order valence-electron chi connectivity index (χ4n) is 3.33. The van der Waals surface area contributed by atoms with E-state index in [-0.39, 0.29) is 24.0 Å². The highest BCUT2D eigenvalue weighted by molar-refractivity contribution is 14.0. The number of hydrogen-bond acceptors (Lipinski definition) is 2. The number of aryl methyl sites for hydroxylation is 2. The SMILES string of the molecule is CCOC1CCN(C(=NC)NCCc2cc(C)cc(C)c2)CC1.I. The number of nitrogens with zero attached hydrogens (tertiary/aromatic N) is 2. The lowest BCUT2D eigenvalue weighted by Crippen LogP contribution is -2.47. The number of aliphatic imine (C=N–C) groups is 1. The molecule has 0 saturated carbocycles. The van der Waals surface area contributed by atoms with Crippen molar-refractivity contribution in [2.24, 2.45) is 4.99 Å². The number of guanidine groups is 1. The van der Waals surface area contributed by atoms with Gasteiger partial charge in [0.25, 0.3) is 0 Å². The molecule has 0 aliphatic carbocycles. The van der Waals surface area contributed by atoms with Crippen LogP contribution in [-0.2, 0) is 11.2 Å². The molecule has 5 heteroatoms. The molecule has 24 heavy (non-hydrogen) atoms. The van der Waals surface area contributed by atoms with Gasteiger partial charge in [0.15, 0.2) is 5.96 Å². The predicted octanol–water partition coefficient (Wildman–Crippen LogP) is 3.54. The molecule has 1 fully saturated rings. The van der Waals surface area contributed by atoms with E-state index >= 15 is 0 Å². The van der Waals surface area contributed by atoms with Crippen molar-refractivity contribution in [1.29, 1.82) is 0 Å². The summed E-state index contributed by atoms with van der Waals surface area (Å²) in [5, 5.41) is 3.51. The highest BCUT2D eigenvalue weighted by Gasteiger charge is 2.21. The van der Waals surface area contributed by atoms with E-state index in [1.54, 1.807) is 0 Å². The molecule has 4 nitrogen and oxygen atoms in total. The van der Waals surface area contributed by atoms with Gasteiger partial charge in [-0.2, -0.15) is 0 Å². The monoisotopic (exact) mass is 445 g/mol. The van der Waals surface area contributed by atoms with Crippen molar-refractivity contribution >= 4 is 29.9 Å². The van der Waals surface area contributed by atoms with Gasteiger partial charge in [-0.25, -0.2) is 0 Å². The van der Waals surface area contributed by atoms with Crippen LogP contribution in [0.1, 0.15) is 36.5 Å². The molecule has 0 bridgehead atoms. The highest BCUT2D eigenvalue weighted by atomic mass is 127. The first-order valence-corrected chi connectivity index (χ1v) is 8.76. The van der Waals surface area contributed by atoms with E-state index in [9.17, 15) is 0 Å². The van der Waals surface area contributed by atoms with Crippen molar-refractivity contribution in [3.05, 3.63) is 34.9 Å². The Labute approximate surface area is 164 Å². The third kappa shape index (κ3) is 6.59. The molecule has 2 rings (SSSR count). The van der Waals surface area contributed by atoms with Crippen LogP contribution in [-0.4, -0.2) is 50.3 Å². The summed E-state index contributed by atoms with van der Waals surface area (Å²) in [6.07, 6.45) is 3.62. The minimum Gasteiger partial charge on any atom is -0.378 e. The second-order valence-corrected chi connectivity index (χ2v) is 6.36. The lowest BCUT2D eigenvalue weighted by atomic mass is 10.1. The first-order chi connectivity index (χ1) is 11.1. The molecular weight excluding hydrogens is 413 g/mol. The van der Waals surface area contributed by atoms with Crippen LogP contribution in [0.5, 0.6) is 0 Å². The average molecular weight is 445 g/mol. The maximum atomic E-state index is 5.72. The van der Waals surface area contributed by atoms with Crippen LogP contribution in [0.25, 0.3) is 0 Å². The molecule has 1 N–H and O–H groups in total. The molecule has 1 heterocycles.